The lowest BCUT2D eigenvalue weighted by Crippen LogP contribution is -2.26. The van der Waals surface area contributed by atoms with E-state index in [2.05, 4.69) is 17.8 Å². The van der Waals surface area contributed by atoms with Gasteiger partial charge in [0.05, 0.1) is 5.56 Å². The Kier molecular flexibility index (Phi) is 5.30. The van der Waals surface area contributed by atoms with Crippen LogP contribution in [0.1, 0.15) is 37.5 Å². The van der Waals surface area contributed by atoms with Crippen molar-refractivity contribution in [3.05, 3.63) is 65.2 Å². The minimum absolute atomic E-state index is 0.281. The number of rotatable bonds is 1. The van der Waals surface area contributed by atoms with Gasteiger partial charge in [-0.15, -0.1) is 6.42 Å². The van der Waals surface area contributed by atoms with Gasteiger partial charge in [-0.25, -0.2) is 4.79 Å². The number of ether oxygens (including phenoxy) is 2. The van der Waals surface area contributed by atoms with Crippen molar-refractivity contribution in [3.63, 3.8) is 0 Å². The van der Waals surface area contributed by atoms with Crippen LogP contribution in [0, 0.1) is 24.2 Å². The maximum atomic E-state index is 11.9. The molecule has 0 heterocycles. The summed E-state index contributed by atoms with van der Waals surface area (Å²) < 4.78 is 10.5. The van der Waals surface area contributed by atoms with Gasteiger partial charge in [-0.1, -0.05) is 36.0 Å². The monoisotopic (exact) mass is 318 g/mol. The molecule has 120 valence electrons. The standard InChI is InChI=1S/C21H18O3/c1-5-16-11-13-18(14-12-17-9-7-6-8-10-17)19(15-16)23-20(22)24-21(2,3)4/h1,6-11,13,15H,2-4H3. The first-order valence-corrected chi connectivity index (χ1v) is 7.46. The molecule has 0 bridgehead atoms. The van der Waals surface area contributed by atoms with E-state index in [1.807, 2.05) is 30.3 Å². The summed E-state index contributed by atoms with van der Waals surface area (Å²) in [5.74, 6) is 8.81. The quantitative estimate of drug-likeness (QED) is 0.445. The topological polar surface area (TPSA) is 35.5 Å². The van der Waals surface area contributed by atoms with Crippen LogP contribution in [0.15, 0.2) is 48.5 Å². The van der Waals surface area contributed by atoms with Gasteiger partial charge in [-0.2, -0.15) is 0 Å². The van der Waals surface area contributed by atoms with Crippen molar-refractivity contribution in [2.45, 2.75) is 26.4 Å². The van der Waals surface area contributed by atoms with Gasteiger partial charge in [0.2, 0.25) is 0 Å². The van der Waals surface area contributed by atoms with Crippen molar-refractivity contribution in [1.82, 2.24) is 0 Å². The van der Waals surface area contributed by atoms with Crippen LogP contribution in [0.3, 0.4) is 0 Å². The Balaban J connectivity index is 2.30. The zero-order chi connectivity index (χ0) is 17.6. The van der Waals surface area contributed by atoms with E-state index in [0.29, 0.717) is 11.1 Å². The second-order valence-corrected chi connectivity index (χ2v) is 6.04. The first-order chi connectivity index (χ1) is 11.4. The van der Waals surface area contributed by atoms with Crippen LogP contribution in [0.5, 0.6) is 5.75 Å². The molecule has 0 amide bonds. The smallest absolute Gasteiger partial charge is 0.428 e. The maximum Gasteiger partial charge on any atom is 0.514 e. The first-order valence-electron chi connectivity index (χ1n) is 7.46. The lowest BCUT2D eigenvalue weighted by Gasteiger charge is -2.19. The molecule has 24 heavy (non-hydrogen) atoms. The summed E-state index contributed by atoms with van der Waals surface area (Å²) >= 11 is 0. The van der Waals surface area contributed by atoms with Gasteiger partial charge in [0.1, 0.15) is 5.60 Å². The summed E-state index contributed by atoms with van der Waals surface area (Å²) in [6, 6.07) is 14.6. The van der Waals surface area contributed by atoms with E-state index in [-0.39, 0.29) is 5.75 Å². The fourth-order valence-electron chi connectivity index (χ4n) is 1.82. The molecule has 0 spiro atoms. The van der Waals surface area contributed by atoms with Gasteiger partial charge in [0.15, 0.2) is 5.75 Å². The number of carbonyl (C=O) groups is 1. The van der Waals surface area contributed by atoms with Gasteiger partial charge >= 0.3 is 6.16 Å². The predicted molar refractivity (Wildman–Crippen MR) is 93.7 cm³/mol. The maximum absolute atomic E-state index is 11.9. The van der Waals surface area contributed by atoms with Crippen molar-refractivity contribution in [1.29, 1.82) is 0 Å². The van der Waals surface area contributed by atoms with Crippen molar-refractivity contribution < 1.29 is 14.3 Å². The van der Waals surface area contributed by atoms with Crippen LogP contribution in [0.4, 0.5) is 4.79 Å². The Morgan fingerprint density at radius 1 is 1.00 bits per heavy atom. The van der Waals surface area contributed by atoms with Crippen molar-refractivity contribution >= 4 is 6.16 Å². The summed E-state index contributed by atoms with van der Waals surface area (Å²) in [4.78, 5) is 11.9. The van der Waals surface area contributed by atoms with Crippen LogP contribution < -0.4 is 4.74 Å². The Morgan fingerprint density at radius 2 is 1.71 bits per heavy atom. The second kappa shape index (κ2) is 7.40. The van der Waals surface area contributed by atoms with Crippen LogP contribution in [-0.2, 0) is 4.74 Å². The number of hydrogen-bond acceptors (Lipinski definition) is 3. The average Bonchev–Trinajstić information content (AvgIpc) is 2.52. The molecule has 2 rings (SSSR count). The minimum atomic E-state index is -0.792. The highest BCUT2D eigenvalue weighted by Crippen LogP contribution is 2.21. The summed E-state index contributed by atoms with van der Waals surface area (Å²) in [7, 11) is 0. The third-order valence-electron chi connectivity index (χ3n) is 2.85. The fourth-order valence-corrected chi connectivity index (χ4v) is 1.82. The van der Waals surface area contributed by atoms with E-state index in [0.717, 1.165) is 5.56 Å². The molecule has 3 nitrogen and oxygen atoms in total. The molecule has 0 saturated heterocycles. The molecular formula is C21H18O3. The van der Waals surface area contributed by atoms with E-state index in [4.69, 9.17) is 15.9 Å². The Bertz CT molecular complexity index is 825. The van der Waals surface area contributed by atoms with E-state index in [1.54, 1.807) is 39.0 Å². The van der Waals surface area contributed by atoms with Gasteiger partial charge in [0, 0.05) is 11.1 Å². The van der Waals surface area contributed by atoms with Crippen LogP contribution in [0.2, 0.25) is 0 Å². The van der Waals surface area contributed by atoms with Crippen LogP contribution in [0.25, 0.3) is 0 Å². The number of terminal acetylenes is 1. The van der Waals surface area contributed by atoms with Crippen molar-refractivity contribution in [2.24, 2.45) is 0 Å². The van der Waals surface area contributed by atoms with E-state index >= 15 is 0 Å². The van der Waals surface area contributed by atoms with E-state index in [9.17, 15) is 4.79 Å². The van der Waals surface area contributed by atoms with Crippen molar-refractivity contribution in [3.8, 4) is 29.9 Å². The zero-order valence-corrected chi connectivity index (χ0v) is 13.9. The van der Waals surface area contributed by atoms with E-state index < -0.39 is 11.8 Å². The van der Waals surface area contributed by atoms with Gasteiger partial charge in [-0.3, -0.25) is 0 Å². The Morgan fingerprint density at radius 3 is 2.33 bits per heavy atom. The third-order valence-corrected chi connectivity index (χ3v) is 2.85. The average molecular weight is 318 g/mol. The highest BCUT2D eigenvalue weighted by molar-refractivity contribution is 5.67. The van der Waals surface area contributed by atoms with Crippen LogP contribution >= 0.6 is 0 Å². The normalized spacial score (nSPS) is 10.1. The molecule has 0 fully saturated rings. The SMILES string of the molecule is C#Cc1ccc(C#Cc2ccccc2)c(OC(=O)OC(C)(C)C)c1. The molecule has 0 N–H and O–H groups in total. The summed E-state index contributed by atoms with van der Waals surface area (Å²) in [6.45, 7) is 5.30. The van der Waals surface area contributed by atoms with E-state index in [1.165, 1.54) is 0 Å². The number of benzene rings is 2. The van der Waals surface area contributed by atoms with Gasteiger partial charge in [0.25, 0.3) is 0 Å². The minimum Gasteiger partial charge on any atom is -0.428 e. The molecule has 0 aromatic heterocycles. The highest BCUT2D eigenvalue weighted by atomic mass is 16.7. The predicted octanol–water partition coefficient (Wildman–Crippen LogP) is 4.38. The largest absolute Gasteiger partial charge is 0.514 e. The summed E-state index contributed by atoms with van der Waals surface area (Å²) in [6.07, 6.45) is 4.62. The third kappa shape index (κ3) is 5.23. The molecule has 0 atom stereocenters. The van der Waals surface area contributed by atoms with Gasteiger partial charge < -0.3 is 9.47 Å². The first kappa shape index (κ1) is 17.2. The molecule has 0 saturated carbocycles. The summed E-state index contributed by atoms with van der Waals surface area (Å²) in [5.41, 5.74) is 1.38. The summed E-state index contributed by atoms with van der Waals surface area (Å²) in [5, 5.41) is 0. The molecule has 2 aromatic carbocycles. The van der Waals surface area contributed by atoms with Crippen LogP contribution in [-0.4, -0.2) is 11.8 Å². The molecule has 2 aromatic rings. The molecule has 0 unspecified atom stereocenters. The molecule has 0 aliphatic heterocycles. The lowest BCUT2D eigenvalue weighted by molar-refractivity contribution is 0.0205. The van der Waals surface area contributed by atoms with Crippen molar-refractivity contribution in [2.75, 3.05) is 0 Å². The number of hydrogen-bond donors (Lipinski definition) is 0. The Labute approximate surface area is 142 Å². The molecular weight excluding hydrogens is 300 g/mol. The molecule has 3 heteroatoms. The highest BCUT2D eigenvalue weighted by Gasteiger charge is 2.19. The fraction of sp³-hybridized carbons (Fsp3) is 0.190. The number of carbonyl (C=O) groups excluding carboxylic acids is 1. The molecule has 0 radical (unpaired) electrons. The molecule has 0 aliphatic rings. The van der Waals surface area contributed by atoms with Gasteiger partial charge in [-0.05, 0) is 51.1 Å². The lowest BCUT2D eigenvalue weighted by atomic mass is 10.1. The Hall–Kier alpha value is -3.17. The zero-order valence-electron chi connectivity index (χ0n) is 13.9. The second-order valence-electron chi connectivity index (χ2n) is 6.04. The molecule has 0 aliphatic carbocycles.